The van der Waals surface area contributed by atoms with Crippen molar-refractivity contribution in [3.63, 3.8) is 0 Å². The summed E-state index contributed by atoms with van der Waals surface area (Å²) in [5.41, 5.74) is 0.955. The quantitative estimate of drug-likeness (QED) is 0.511. The van der Waals surface area contributed by atoms with E-state index in [0.29, 0.717) is 26.4 Å². The summed E-state index contributed by atoms with van der Waals surface area (Å²) in [6.07, 6.45) is 4.03. The first-order valence-electron chi connectivity index (χ1n) is 8.28. The molecule has 0 aliphatic heterocycles. The smallest absolute Gasteiger partial charge is 0.246 e. The Bertz CT molecular complexity index is 1010. The van der Waals surface area contributed by atoms with Gasteiger partial charge in [0.25, 0.3) is 0 Å². The third kappa shape index (κ3) is 5.16. The van der Waals surface area contributed by atoms with Crippen LogP contribution < -0.4 is 5.32 Å². The number of hydrogen-bond acceptors (Lipinski definition) is 5. The average molecular weight is 442 g/mol. The number of hydrogen-bond donors (Lipinski definition) is 2. The van der Waals surface area contributed by atoms with Crippen molar-refractivity contribution in [3.05, 3.63) is 55.5 Å². The Morgan fingerprint density at radius 3 is 2.96 bits per heavy atom. The fourth-order valence-electron chi connectivity index (χ4n) is 2.53. The van der Waals surface area contributed by atoms with Crippen LogP contribution >= 0.6 is 46.8 Å². The highest BCUT2D eigenvalue weighted by Gasteiger charge is 2.12. The second kappa shape index (κ2) is 8.97. The molecule has 0 radical (unpaired) electrons. The van der Waals surface area contributed by atoms with Crippen LogP contribution in [0.1, 0.15) is 29.6 Å². The van der Waals surface area contributed by atoms with E-state index < -0.39 is 0 Å². The number of carbonyl (C=O) groups excluding carboxylic acids is 1. The fraction of sp³-hybridized carbons (Fsp3) is 0.294. The molecule has 0 unspecified atom stereocenters. The fourth-order valence-corrected chi connectivity index (χ4v) is 4.07. The number of thiazole rings is 1. The highest BCUT2D eigenvalue weighted by atomic mass is 35.5. The molecular weight excluding hydrogens is 425 g/mol. The third-order valence-corrected chi connectivity index (χ3v) is 5.60. The SMILES string of the molecule is CCCc1n[nH]c(=S)n1CC(=O)Nc1ncc(Cc2ccc(Cl)cc2Cl)s1. The van der Waals surface area contributed by atoms with Crippen LogP contribution in [0.25, 0.3) is 0 Å². The Morgan fingerprint density at radius 2 is 2.22 bits per heavy atom. The number of amides is 1. The van der Waals surface area contributed by atoms with E-state index >= 15 is 0 Å². The summed E-state index contributed by atoms with van der Waals surface area (Å²) < 4.78 is 2.14. The summed E-state index contributed by atoms with van der Waals surface area (Å²) in [7, 11) is 0. The first-order valence-corrected chi connectivity index (χ1v) is 10.3. The summed E-state index contributed by atoms with van der Waals surface area (Å²) in [5.74, 6) is 0.574. The van der Waals surface area contributed by atoms with E-state index in [1.807, 2.05) is 13.0 Å². The number of halogens is 2. The lowest BCUT2D eigenvalue weighted by atomic mass is 10.1. The second-order valence-electron chi connectivity index (χ2n) is 5.87. The summed E-state index contributed by atoms with van der Waals surface area (Å²) in [6, 6.07) is 5.40. The molecule has 2 N–H and O–H groups in total. The van der Waals surface area contributed by atoms with Crippen LogP contribution in [-0.2, 0) is 24.2 Å². The van der Waals surface area contributed by atoms with Crippen LogP contribution in [0.3, 0.4) is 0 Å². The lowest BCUT2D eigenvalue weighted by molar-refractivity contribution is -0.116. The Hall–Kier alpha value is -1.74. The van der Waals surface area contributed by atoms with Gasteiger partial charge in [0, 0.05) is 34.0 Å². The molecule has 0 saturated heterocycles. The monoisotopic (exact) mass is 441 g/mol. The minimum Gasteiger partial charge on any atom is -0.300 e. The van der Waals surface area contributed by atoms with E-state index in [0.717, 1.165) is 29.1 Å². The van der Waals surface area contributed by atoms with E-state index in [9.17, 15) is 4.79 Å². The van der Waals surface area contributed by atoms with E-state index in [1.165, 1.54) is 11.3 Å². The zero-order valence-electron chi connectivity index (χ0n) is 14.5. The number of anilines is 1. The van der Waals surface area contributed by atoms with Crippen molar-refractivity contribution >= 4 is 57.8 Å². The molecule has 0 spiro atoms. The largest absolute Gasteiger partial charge is 0.300 e. The minimum absolute atomic E-state index is 0.0998. The van der Waals surface area contributed by atoms with Gasteiger partial charge in [-0.3, -0.25) is 14.5 Å². The standard InChI is InChI=1S/C17H17Cl2N5OS2/c1-2-3-14-22-23-17(26)24(14)9-15(25)21-16-20-8-12(27-16)6-10-4-5-11(18)7-13(10)19/h4-5,7-8H,2-3,6,9H2,1H3,(H,23,26)(H,20,21,25). The van der Waals surface area contributed by atoms with Gasteiger partial charge in [-0.2, -0.15) is 5.10 Å². The number of H-pyrrole nitrogens is 1. The Kier molecular flexibility index (Phi) is 6.64. The highest BCUT2D eigenvalue weighted by Crippen LogP contribution is 2.26. The van der Waals surface area contributed by atoms with Crippen LogP contribution in [-0.4, -0.2) is 25.7 Å². The molecule has 10 heteroatoms. The molecule has 3 aromatic rings. The third-order valence-electron chi connectivity index (χ3n) is 3.79. The van der Waals surface area contributed by atoms with Crippen LogP contribution in [0.4, 0.5) is 5.13 Å². The van der Waals surface area contributed by atoms with Gasteiger partial charge in [0.1, 0.15) is 12.4 Å². The second-order valence-corrected chi connectivity index (χ2v) is 8.22. The molecule has 0 bridgehead atoms. The summed E-state index contributed by atoms with van der Waals surface area (Å²) in [4.78, 5) is 17.6. The van der Waals surface area contributed by atoms with E-state index in [4.69, 9.17) is 35.4 Å². The molecule has 1 amide bonds. The van der Waals surface area contributed by atoms with Crippen molar-refractivity contribution in [2.45, 2.75) is 32.7 Å². The first kappa shape index (κ1) is 20.0. The molecule has 6 nitrogen and oxygen atoms in total. The number of aromatic amines is 1. The zero-order valence-corrected chi connectivity index (χ0v) is 17.6. The number of carbonyl (C=O) groups is 1. The van der Waals surface area contributed by atoms with Crippen molar-refractivity contribution < 1.29 is 4.79 Å². The lowest BCUT2D eigenvalue weighted by Crippen LogP contribution is -2.20. The van der Waals surface area contributed by atoms with Crippen LogP contribution in [0, 0.1) is 4.77 Å². The molecule has 0 saturated carbocycles. The van der Waals surface area contributed by atoms with Crippen molar-refractivity contribution in [3.8, 4) is 0 Å². The van der Waals surface area contributed by atoms with Crippen LogP contribution in [0.2, 0.25) is 10.0 Å². The minimum atomic E-state index is -0.199. The Balaban J connectivity index is 1.64. The van der Waals surface area contributed by atoms with Crippen molar-refractivity contribution in [1.29, 1.82) is 0 Å². The molecule has 0 aliphatic carbocycles. The number of rotatable bonds is 7. The maximum absolute atomic E-state index is 12.4. The van der Waals surface area contributed by atoms with Gasteiger partial charge < -0.3 is 5.32 Å². The molecule has 142 valence electrons. The maximum Gasteiger partial charge on any atom is 0.246 e. The Labute approximate surface area is 175 Å². The van der Waals surface area contributed by atoms with E-state index in [-0.39, 0.29) is 12.5 Å². The molecule has 3 rings (SSSR count). The van der Waals surface area contributed by atoms with Gasteiger partial charge in [-0.15, -0.1) is 11.3 Å². The predicted octanol–water partition coefficient (Wildman–Crippen LogP) is 4.89. The highest BCUT2D eigenvalue weighted by molar-refractivity contribution is 7.71. The predicted molar refractivity (Wildman–Crippen MR) is 111 cm³/mol. The van der Waals surface area contributed by atoms with Gasteiger partial charge in [-0.25, -0.2) is 4.98 Å². The molecule has 2 heterocycles. The number of benzene rings is 1. The summed E-state index contributed by atoms with van der Waals surface area (Å²) in [5, 5.41) is 11.5. The molecule has 27 heavy (non-hydrogen) atoms. The van der Waals surface area contributed by atoms with Gasteiger partial charge in [0.15, 0.2) is 9.90 Å². The Morgan fingerprint density at radius 1 is 1.41 bits per heavy atom. The molecule has 0 fully saturated rings. The van der Waals surface area contributed by atoms with Crippen molar-refractivity contribution in [2.24, 2.45) is 0 Å². The van der Waals surface area contributed by atoms with E-state index in [1.54, 1.807) is 22.9 Å². The topological polar surface area (TPSA) is 75.6 Å². The lowest BCUT2D eigenvalue weighted by Gasteiger charge is -2.05. The number of nitrogens with one attached hydrogen (secondary N) is 2. The molecule has 0 atom stereocenters. The summed E-state index contributed by atoms with van der Waals surface area (Å²) >= 11 is 18.7. The van der Waals surface area contributed by atoms with Gasteiger partial charge in [-0.05, 0) is 36.3 Å². The van der Waals surface area contributed by atoms with Crippen molar-refractivity contribution in [1.82, 2.24) is 19.7 Å². The summed E-state index contributed by atoms with van der Waals surface area (Å²) in [6.45, 7) is 2.15. The van der Waals surface area contributed by atoms with Crippen molar-refractivity contribution in [2.75, 3.05) is 5.32 Å². The van der Waals surface area contributed by atoms with Gasteiger partial charge in [0.2, 0.25) is 5.91 Å². The van der Waals surface area contributed by atoms with Gasteiger partial charge >= 0.3 is 0 Å². The number of nitrogens with zero attached hydrogens (tertiary/aromatic N) is 3. The van der Waals surface area contributed by atoms with E-state index in [2.05, 4.69) is 20.5 Å². The maximum atomic E-state index is 12.4. The molecule has 0 aliphatic rings. The average Bonchev–Trinajstić information content (AvgIpc) is 3.19. The normalized spacial score (nSPS) is 10.9. The van der Waals surface area contributed by atoms with Crippen LogP contribution in [0.15, 0.2) is 24.4 Å². The van der Waals surface area contributed by atoms with Gasteiger partial charge in [-0.1, -0.05) is 36.2 Å². The molecular formula is C17H17Cl2N5OS2. The molecule has 1 aromatic carbocycles. The van der Waals surface area contributed by atoms with Gasteiger partial charge in [0.05, 0.1) is 0 Å². The molecule has 2 aromatic heterocycles. The zero-order chi connectivity index (χ0) is 19.4. The number of aryl methyl sites for hydroxylation is 1. The van der Waals surface area contributed by atoms with Crippen LogP contribution in [0.5, 0.6) is 0 Å². The number of aromatic nitrogens is 4. The first-order chi connectivity index (χ1) is 13.0.